The molecule has 1 amide bonds. The first kappa shape index (κ1) is 29.1. The van der Waals surface area contributed by atoms with Crippen LogP contribution in [0.2, 0.25) is 5.02 Å². The van der Waals surface area contributed by atoms with Crippen LogP contribution in [0.3, 0.4) is 0 Å². The van der Waals surface area contributed by atoms with Crippen LogP contribution in [0.25, 0.3) is 22.0 Å². The van der Waals surface area contributed by atoms with Gasteiger partial charge in [-0.25, -0.2) is 10.2 Å². The minimum Gasteiger partial charge on any atom is -0.495 e. The Morgan fingerprint density at radius 3 is 2.41 bits per heavy atom. The standard InChI is InChI=1S/C30H19Br3ClN3O4/c1-40-23-12-11-20(32)25-24(19-9-5-6-10-22(19)34)27(36-26(23)25)29(38)37-35-15-17-13-18(31)14-21(33)28(17)41-30(39)16-7-3-2-4-8-16/h2-15,36H,1H3,(H,37,38). The molecule has 0 saturated heterocycles. The van der Waals surface area contributed by atoms with E-state index in [0.717, 1.165) is 9.86 Å². The Labute approximate surface area is 265 Å². The highest BCUT2D eigenvalue weighted by atomic mass is 79.9. The number of carbonyl (C=O) groups is 2. The molecule has 0 bridgehead atoms. The molecule has 4 aromatic carbocycles. The van der Waals surface area contributed by atoms with Crippen molar-refractivity contribution in [3.8, 4) is 22.6 Å². The van der Waals surface area contributed by atoms with Crippen LogP contribution in [-0.2, 0) is 0 Å². The van der Waals surface area contributed by atoms with E-state index in [1.54, 1.807) is 55.6 Å². The zero-order chi connectivity index (χ0) is 29.1. The molecule has 5 rings (SSSR count). The maximum absolute atomic E-state index is 13.5. The van der Waals surface area contributed by atoms with Crippen LogP contribution in [0, 0.1) is 0 Å². The van der Waals surface area contributed by atoms with Gasteiger partial charge in [0, 0.05) is 36.0 Å². The first-order valence-electron chi connectivity index (χ1n) is 12.0. The van der Waals surface area contributed by atoms with E-state index in [0.29, 0.717) is 47.5 Å². The highest BCUT2D eigenvalue weighted by Crippen LogP contribution is 2.43. The van der Waals surface area contributed by atoms with Gasteiger partial charge < -0.3 is 14.5 Å². The Bertz CT molecular complexity index is 1820. The Kier molecular flexibility index (Phi) is 8.94. The number of nitrogens with one attached hydrogen (secondary N) is 2. The molecular formula is C30H19Br3ClN3O4. The van der Waals surface area contributed by atoms with Crippen LogP contribution < -0.4 is 14.9 Å². The number of H-pyrrole nitrogens is 1. The van der Waals surface area contributed by atoms with E-state index in [2.05, 4.69) is 63.3 Å². The Hall–Kier alpha value is -3.44. The molecule has 7 nitrogen and oxygen atoms in total. The molecule has 2 N–H and O–H groups in total. The first-order valence-corrected chi connectivity index (χ1v) is 14.8. The molecular weight excluding hydrogens is 742 g/mol. The monoisotopic (exact) mass is 757 g/mol. The molecule has 41 heavy (non-hydrogen) atoms. The number of rotatable bonds is 7. The first-order chi connectivity index (χ1) is 19.8. The van der Waals surface area contributed by atoms with Gasteiger partial charge in [0.05, 0.1) is 28.9 Å². The van der Waals surface area contributed by atoms with Crippen LogP contribution >= 0.6 is 59.4 Å². The lowest BCUT2D eigenvalue weighted by Crippen LogP contribution is -2.19. The number of amides is 1. The van der Waals surface area contributed by atoms with Gasteiger partial charge in [-0.15, -0.1) is 0 Å². The molecule has 1 aromatic heterocycles. The fourth-order valence-corrected chi connectivity index (χ4v) is 6.34. The minimum atomic E-state index is -0.533. The molecule has 0 spiro atoms. The maximum atomic E-state index is 13.5. The number of benzene rings is 4. The van der Waals surface area contributed by atoms with Crippen molar-refractivity contribution in [2.24, 2.45) is 5.10 Å². The number of hydrogen-bond acceptors (Lipinski definition) is 5. The van der Waals surface area contributed by atoms with E-state index in [1.165, 1.54) is 6.21 Å². The normalized spacial score (nSPS) is 11.1. The van der Waals surface area contributed by atoms with Gasteiger partial charge in [-0.3, -0.25) is 4.79 Å². The second kappa shape index (κ2) is 12.6. The zero-order valence-electron chi connectivity index (χ0n) is 21.2. The molecule has 0 saturated carbocycles. The third-order valence-corrected chi connectivity index (χ3v) is 8.10. The van der Waals surface area contributed by atoms with Crippen molar-refractivity contribution in [2.75, 3.05) is 7.11 Å². The van der Waals surface area contributed by atoms with Crippen LogP contribution in [0.4, 0.5) is 0 Å². The summed E-state index contributed by atoms with van der Waals surface area (Å²) in [6.07, 6.45) is 1.40. The SMILES string of the molecule is COc1ccc(Br)c2c(-c3ccccc3Cl)c(C(=O)NN=Cc3cc(Br)cc(Br)c3OC(=O)c3ccccc3)[nH]c12. The van der Waals surface area contributed by atoms with Gasteiger partial charge in [0.1, 0.15) is 11.4 Å². The molecule has 206 valence electrons. The predicted molar refractivity (Wildman–Crippen MR) is 171 cm³/mol. The lowest BCUT2D eigenvalue weighted by molar-refractivity contribution is 0.0733. The second-order valence-electron chi connectivity index (χ2n) is 8.62. The van der Waals surface area contributed by atoms with Gasteiger partial charge >= 0.3 is 5.97 Å². The van der Waals surface area contributed by atoms with Crippen LogP contribution in [0.15, 0.2) is 97.4 Å². The van der Waals surface area contributed by atoms with Gasteiger partial charge in [0.2, 0.25) is 0 Å². The quantitative estimate of drug-likeness (QED) is 0.0752. The number of nitrogens with zero attached hydrogens (tertiary/aromatic N) is 1. The molecule has 0 radical (unpaired) electrons. The summed E-state index contributed by atoms with van der Waals surface area (Å²) < 4.78 is 13.2. The summed E-state index contributed by atoms with van der Waals surface area (Å²) in [6.45, 7) is 0. The van der Waals surface area contributed by atoms with Gasteiger partial charge in [-0.05, 0) is 58.4 Å². The summed E-state index contributed by atoms with van der Waals surface area (Å²) in [6, 6.07) is 23.0. The van der Waals surface area contributed by atoms with Gasteiger partial charge in [-0.1, -0.05) is 79.9 Å². The summed E-state index contributed by atoms with van der Waals surface area (Å²) in [5, 5.41) is 5.39. The van der Waals surface area contributed by atoms with E-state index in [1.807, 2.05) is 30.3 Å². The number of hydrogen-bond donors (Lipinski definition) is 2. The van der Waals surface area contributed by atoms with E-state index in [9.17, 15) is 9.59 Å². The van der Waals surface area contributed by atoms with Crippen molar-refractivity contribution in [2.45, 2.75) is 0 Å². The fraction of sp³-hybridized carbons (Fsp3) is 0.0333. The third-order valence-electron chi connectivity index (χ3n) is 6.07. The molecule has 0 atom stereocenters. The van der Waals surface area contributed by atoms with Gasteiger partial charge in [0.15, 0.2) is 5.75 Å². The van der Waals surface area contributed by atoms with Crippen molar-refractivity contribution < 1.29 is 19.1 Å². The van der Waals surface area contributed by atoms with Crippen molar-refractivity contribution in [1.29, 1.82) is 0 Å². The molecule has 5 aromatic rings. The molecule has 1 heterocycles. The minimum absolute atomic E-state index is 0.238. The summed E-state index contributed by atoms with van der Waals surface area (Å²) in [4.78, 5) is 29.5. The number of aromatic amines is 1. The number of hydrazone groups is 1. The topological polar surface area (TPSA) is 92.8 Å². The van der Waals surface area contributed by atoms with E-state index < -0.39 is 11.9 Å². The molecule has 0 aliphatic carbocycles. The molecule has 11 heteroatoms. The lowest BCUT2D eigenvalue weighted by atomic mass is 10.0. The second-order valence-corrected chi connectivity index (χ2v) is 11.6. The number of aromatic nitrogens is 1. The molecule has 0 aliphatic heterocycles. The zero-order valence-corrected chi connectivity index (χ0v) is 26.7. The molecule has 0 aliphatic rings. The maximum Gasteiger partial charge on any atom is 0.343 e. The highest BCUT2D eigenvalue weighted by Gasteiger charge is 2.24. The number of esters is 1. The number of ether oxygens (including phenoxy) is 2. The van der Waals surface area contributed by atoms with Crippen LogP contribution in [-0.4, -0.2) is 30.2 Å². The molecule has 0 fully saturated rings. The largest absolute Gasteiger partial charge is 0.495 e. The van der Waals surface area contributed by atoms with Crippen molar-refractivity contribution in [1.82, 2.24) is 10.4 Å². The Morgan fingerprint density at radius 1 is 0.951 bits per heavy atom. The van der Waals surface area contributed by atoms with Crippen molar-refractivity contribution in [3.05, 3.63) is 114 Å². The summed E-state index contributed by atoms with van der Waals surface area (Å²) in [5.74, 6) is -0.244. The lowest BCUT2D eigenvalue weighted by Gasteiger charge is -2.11. The van der Waals surface area contributed by atoms with E-state index in [-0.39, 0.29) is 11.4 Å². The summed E-state index contributed by atoms with van der Waals surface area (Å²) >= 11 is 17.1. The van der Waals surface area contributed by atoms with E-state index >= 15 is 0 Å². The highest BCUT2D eigenvalue weighted by molar-refractivity contribution is 9.11. The number of methoxy groups -OCH3 is 1. The fourth-order valence-electron chi connectivity index (χ4n) is 4.24. The van der Waals surface area contributed by atoms with Crippen LogP contribution in [0.5, 0.6) is 11.5 Å². The Balaban J connectivity index is 1.50. The van der Waals surface area contributed by atoms with Gasteiger partial charge in [-0.2, -0.15) is 5.10 Å². The number of carbonyl (C=O) groups excluding carboxylic acids is 2. The predicted octanol–water partition coefficient (Wildman–Crippen LogP) is 8.77. The Morgan fingerprint density at radius 2 is 1.68 bits per heavy atom. The average molecular weight is 761 g/mol. The summed E-state index contributed by atoms with van der Waals surface area (Å²) in [7, 11) is 1.56. The number of halogens is 4. The molecule has 0 unspecified atom stereocenters. The smallest absolute Gasteiger partial charge is 0.343 e. The van der Waals surface area contributed by atoms with Crippen LogP contribution in [0.1, 0.15) is 26.4 Å². The third kappa shape index (κ3) is 6.11. The van der Waals surface area contributed by atoms with Crippen molar-refractivity contribution in [3.63, 3.8) is 0 Å². The van der Waals surface area contributed by atoms with Gasteiger partial charge in [0.25, 0.3) is 5.91 Å². The van der Waals surface area contributed by atoms with E-state index in [4.69, 9.17) is 21.1 Å². The summed E-state index contributed by atoms with van der Waals surface area (Å²) in [5.41, 5.74) is 5.53. The number of fused-ring (bicyclic) bond motifs is 1. The average Bonchev–Trinajstić information content (AvgIpc) is 3.37. The van der Waals surface area contributed by atoms with Crippen molar-refractivity contribution >= 4 is 88.4 Å².